The first kappa shape index (κ1) is 24.4. The summed E-state index contributed by atoms with van der Waals surface area (Å²) >= 11 is 0. The molecule has 0 atom stereocenters. The maximum absolute atomic E-state index is 4.51. The molecule has 1 aromatic heterocycles. The third-order valence-electron chi connectivity index (χ3n) is 4.13. The van der Waals surface area contributed by atoms with Gasteiger partial charge in [0.15, 0.2) is 0 Å². The summed E-state index contributed by atoms with van der Waals surface area (Å²) in [7, 11) is 2.01. The molecular formula is C23H41N3. The molecule has 0 unspecified atom stereocenters. The Morgan fingerprint density at radius 3 is 1.92 bits per heavy atom. The monoisotopic (exact) mass is 359 g/mol. The van der Waals surface area contributed by atoms with E-state index in [1.54, 1.807) is 0 Å². The first-order valence-corrected chi connectivity index (χ1v) is 10.3. The molecule has 0 radical (unpaired) electrons. The van der Waals surface area contributed by atoms with Gasteiger partial charge in [-0.1, -0.05) is 79.0 Å². The zero-order chi connectivity index (χ0) is 20.1. The summed E-state index contributed by atoms with van der Waals surface area (Å²) in [6.07, 6.45) is 6.09. The van der Waals surface area contributed by atoms with Gasteiger partial charge in [0.1, 0.15) is 0 Å². The topological polar surface area (TPSA) is 29.0 Å². The summed E-state index contributed by atoms with van der Waals surface area (Å²) in [5.41, 5.74) is 0.995. The summed E-state index contributed by atoms with van der Waals surface area (Å²) in [4.78, 5) is 10.9. The minimum absolute atomic E-state index is 0.408. The maximum Gasteiger partial charge on any atom is 0.225 e. The molecule has 0 bridgehead atoms. The molecule has 0 aliphatic rings. The van der Waals surface area contributed by atoms with Gasteiger partial charge in [-0.15, -0.1) is 0 Å². The van der Waals surface area contributed by atoms with Crippen molar-refractivity contribution in [3.8, 4) is 0 Å². The lowest BCUT2D eigenvalue weighted by atomic mass is 10.0. The number of rotatable bonds is 6. The molecule has 1 heterocycles. The van der Waals surface area contributed by atoms with Crippen LogP contribution in [0.5, 0.6) is 0 Å². The number of para-hydroxylation sites is 1. The van der Waals surface area contributed by atoms with Crippen molar-refractivity contribution in [1.82, 2.24) is 9.97 Å². The van der Waals surface area contributed by atoms with Crippen molar-refractivity contribution < 1.29 is 0 Å². The number of nitrogens with zero attached hydrogens (tertiary/aromatic N) is 3. The highest BCUT2D eigenvalue weighted by molar-refractivity contribution is 5.78. The van der Waals surface area contributed by atoms with E-state index in [0.717, 1.165) is 28.7 Å². The van der Waals surface area contributed by atoms with Crippen LogP contribution < -0.4 is 4.90 Å². The van der Waals surface area contributed by atoms with Crippen LogP contribution in [0.2, 0.25) is 0 Å². The molecule has 0 aliphatic heterocycles. The Balaban J connectivity index is 0.000000492. The number of fused-ring (bicyclic) bond motifs is 1. The highest BCUT2D eigenvalue weighted by Gasteiger charge is 2.07. The molecule has 3 nitrogen and oxygen atoms in total. The molecule has 1 aromatic carbocycles. The molecule has 0 saturated heterocycles. The van der Waals surface area contributed by atoms with Gasteiger partial charge in [0.05, 0.1) is 5.52 Å². The molecule has 0 spiro atoms. The molecule has 0 saturated carbocycles. The van der Waals surface area contributed by atoms with Crippen LogP contribution >= 0.6 is 0 Å². The fraction of sp³-hybridized carbons (Fsp3) is 0.652. The Morgan fingerprint density at radius 1 is 0.885 bits per heavy atom. The summed E-state index contributed by atoms with van der Waals surface area (Å²) in [5, 5.41) is 1.08. The van der Waals surface area contributed by atoms with Crippen LogP contribution in [-0.2, 0) is 0 Å². The Hall–Kier alpha value is -1.64. The number of anilines is 1. The van der Waals surface area contributed by atoms with Crippen LogP contribution in [0.15, 0.2) is 30.5 Å². The van der Waals surface area contributed by atoms with E-state index in [0.29, 0.717) is 6.04 Å². The Bertz CT molecular complexity index is 583. The van der Waals surface area contributed by atoms with E-state index < -0.39 is 0 Å². The fourth-order valence-corrected chi connectivity index (χ4v) is 2.30. The summed E-state index contributed by atoms with van der Waals surface area (Å²) in [6, 6.07) is 8.43. The second-order valence-corrected chi connectivity index (χ2v) is 7.65. The summed E-state index contributed by atoms with van der Waals surface area (Å²) < 4.78 is 0. The minimum Gasteiger partial charge on any atom is -0.341 e. The molecule has 2 rings (SSSR count). The predicted molar refractivity (Wildman–Crippen MR) is 118 cm³/mol. The number of benzene rings is 1. The van der Waals surface area contributed by atoms with E-state index >= 15 is 0 Å². The maximum atomic E-state index is 4.51. The second kappa shape index (κ2) is 13.5. The van der Waals surface area contributed by atoms with Gasteiger partial charge in [-0.05, 0) is 31.7 Å². The average Bonchev–Trinajstić information content (AvgIpc) is 2.62. The van der Waals surface area contributed by atoms with Crippen molar-refractivity contribution in [3.63, 3.8) is 0 Å². The molecule has 0 fully saturated rings. The van der Waals surface area contributed by atoms with Gasteiger partial charge in [-0.2, -0.15) is 0 Å². The average molecular weight is 360 g/mol. The first-order chi connectivity index (χ1) is 12.3. The van der Waals surface area contributed by atoms with Crippen LogP contribution in [-0.4, -0.2) is 23.1 Å². The smallest absolute Gasteiger partial charge is 0.225 e. The highest BCUT2D eigenvalue weighted by Crippen LogP contribution is 2.15. The van der Waals surface area contributed by atoms with E-state index in [2.05, 4.69) is 56.4 Å². The van der Waals surface area contributed by atoms with Crippen LogP contribution in [0.4, 0.5) is 5.95 Å². The van der Waals surface area contributed by atoms with Gasteiger partial charge in [-0.3, -0.25) is 0 Å². The lowest BCUT2D eigenvalue weighted by Gasteiger charge is -2.21. The van der Waals surface area contributed by atoms with Crippen molar-refractivity contribution in [3.05, 3.63) is 30.5 Å². The van der Waals surface area contributed by atoms with Crippen LogP contribution in [0.25, 0.3) is 10.9 Å². The summed E-state index contributed by atoms with van der Waals surface area (Å²) in [5.74, 6) is 2.57. The van der Waals surface area contributed by atoms with E-state index in [4.69, 9.17) is 0 Å². The van der Waals surface area contributed by atoms with E-state index in [-0.39, 0.29) is 0 Å². The molecule has 3 heteroatoms. The zero-order valence-corrected chi connectivity index (χ0v) is 18.6. The molecule has 0 amide bonds. The lowest BCUT2D eigenvalue weighted by molar-refractivity contribution is 0.480. The molecule has 26 heavy (non-hydrogen) atoms. The Morgan fingerprint density at radius 2 is 1.42 bits per heavy atom. The van der Waals surface area contributed by atoms with Gasteiger partial charge in [0.2, 0.25) is 5.95 Å². The SMILES string of the molecule is CC.CC(C)CCCC(C)C.CC(C)N(C)c1ncc2ccccc2n1. The van der Waals surface area contributed by atoms with Gasteiger partial charge < -0.3 is 4.90 Å². The second-order valence-electron chi connectivity index (χ2n) is 7.65. The number of aromatic nitrogens is 2. The van der Waals surface area contributed by atoms with Crippen molar-refractivity contribution >= 4 is 16.9 Å². The summed E-state index contributed by atoms with van der Waals surface area (Å²) in [6.45, 7) is 17.4. The molecular weight excluding hydrogens is 318 g/mol. The van der Waals surface area contributed by atoms with E-state index in [1.807, 2.05) is 51.4 Å². The van der Waals surface area contributed by atoms with Crippen LogP contribution in [0.1, 0.15) is 74.7 Å². The molecule has 148 valence electrons. The van der Waals surface area contributed by atoms with Crippen LogP contribution in [0, 0.1) is 11.8 Å². The van der Waals surface area contributed by atoms with Gasteiger partial charge in [0, 0.05) is 24.7 Å². The highest BCUT2D eigenvalue weighted by atomic mass is 15.2. The largest absolute Gasteiger partial charge is 0.341 e. The van der Waals surface area contributed by atoms with Gasteiger partial charge in [-0.25, -0.2) is 9.97 Å². The number of hydrogen-bond acceptors (Lipinski definition) is 3. The predicted octanol–water partition coefficient (Wildman–Crippen LogP) is 6.97. The van der Waals surface area contributed by atoms with Gasteiger partial charge >= 0.3 is 0 Å². The zero-order valence-electron chi connectivity index (χ0n) is 18.6. The third-order valence-corrected chi connectivity index (χ3v) is 4.13. The van der Waals surface area contributed by atoms with Crippen molar-refractivity contribution in [2.24, 2.45) is 11.8 Å². The normalized spacial score (nSPS) is 10.5. The molecule has 2 aromatic rings. The molecule has 0 aliphatic carbocycles. The quantitative estimate of drug-likeness (QED) is 0.557. The van der Waals surface area contributed by atoms with Gasteiger partial charge in [0.25, 0.3) is 0 Å². The minimum atomic E-state index is 0.408. The standard InChI is InChI=1S/C12H15N3.C9H20.C2H6/c1-9(2)15(3)12-13-8-10-6-4-5-7-11(10)14-12;1-8(2)6-5-7-9(3)4;1-2/h4-9H,1-3H3;8-9H,5-7H2,1-4H3;1-2H3. The lowest BCUT2D eigenvalue weighted by Crippen LogP contribution is -2.27. The Labute approximate surface area is 162 Å². The Kier molecular flexibility index (Phi) is 12.7. The first-order valence-electron chi connectivity index (χ1n) is 10.3. The van der Waals surface area contributed by atoms with E-state index in [9.17, 15) is 0 Å². The van der Waals surface area contributed by atoms with Crippen molar-refractivity contribution in [1.29, 1.82) is 0 Å². The molecule has 0 N–H and O–H groups in total. The fourth-order valence-electron chi connectivity index (χ4n) is 2.30. The van der Waals surface area contributed by atoms with Crippen LogP contribution in [0.3, 0.4) is 0 Å². The number of hydrogen-bond donors (Lipinski definition) is 0. The van der Waals surface area contributed by atoms with E-state index in [1.165, 1.54) is 19.3 Å². The van der Waals surface area contributed by atoms with Crippen molar-refractivity contribution in [2.75, 3.05) is 11.9 Å². The third kappa shape index (κ3) is 9.74. The van der Waals surface area contributed by atoms with Crippen molar-refractivity contribution in [2.45, 2.75) is 80.7 Å².